The van der Waals surface area contributed by atoms with E-state index in [1.807, 2.05) is 48.5 Å². The Balaban J connectivity index is 1.57. The van der Waals surface area contributed by atoms with Gasteiger partial charge in [-0.15, -0.1) is 0 Å². The highest BCUT2D eigenvalue weighted by atomic mass is 19.1. The van der Waals surface area contributed by atoms with Gasteiger partial charge < -0.3 is 15.4 Å². The summed E-state index contributed by atoms with van der Waals surface area (Å²) < 4.78 is 18.5. The summed E-state index contributed by atoms with van der Waals surface area (Å²) in [6.45, 7) is 1.08. The molecule has 0 spiro atoms. The molecule has 0 aliphatic carbocycles. The van der Waals surface area contributed by atoms with Gasteiger partial charge in [-0.05, 0) is 35.9 Å². The number of methoxy groups -OCH3 is 1. The molecule has 0 aliphatic rings. The lowest BCUT2D eigenvalue weighted by Gasteiger charge is -2.13. The number of aromatic nitrogens is 2. The zero-order valence-electron chi connectivity index (χ0n) is 16.0. The summed E-state index contributed by atoms with van der Waals surface area (Å²) in [6, 6.07) is 22.1. The van der Waals surface area contributed by atoms with E-state index in [0.29, 0.717) is 19.0 Å². The Morgan fingerprint density at radius 2 is 1.59 bits per heavy atom. The molecule has 4 aromatic rings. The quantitative estimate of drug-likeness (QED) is 0.466. The number of nitrogens with zero attached hydrogens (tertiary/aromatic N) is 2. The average Bonchev–Trinajstić information content (AvgIpc) is 2.77. The van der Waals surface area contributed by atoms with Crippen LogP contribution in [0, 0.1) is 5.82 Å². The monoisotopic (exact) mass is 388 g/mol. The molecule has 0 bridgehead atoms. The maximum atomic E-state index is 13.1. The van der Waals surface area contributed by atoms with Gasteiger partial charge in [0.15, 0.2) is 0 Å². The van der Waals surface area contributed by atoms with E-state index in [1.165, 1.54) is 12.1 Å². The highest BCUT2D eigenvalue weighted by Gasteiger charge is 2.09. The average molecular weight is 388 g/mol. The number of para-hydroxylation sites is 2. The molecule has 146 valence electrons. The van der Waals surface area contributed by atoms with E-state index in [2.05, 4.69) is 20.6 Å². The molecule has 4 rings (SSSR count). The minimum Gasteiger partial charge on any atom is -0.496 e. The molecule has 3 aromatic carbocycles. The number of fused-ring (bicyclic) bond motifs is 1. The van der Waals surface area contributed by atoms with Gasteiger partial charge in [0.05, 0.1) is 12.6 Å². The second-order valence-electron chi connectivity index (χ2n) is 6.56. The third-order valence-corrected chi connectivity index (χ3v) is 4.61. The topological polar surface area (TPSA) is 59.1 Å². The van der Waals surface area contributed by atoms with Gasteiger partial charge in [-0.25, -0.2) is 9.37 Å². The highest BCUT2D eigenvalue weighted by Crippen LogP contribution is 2.24. The summed E-state index contributed by atoms with van der Waals surface area (Å²) in [4.78, 5) is 9.25. The third-order valence-electron chi connectivity index (χ3n) is 4.61. The predicted octanol–water partition coefficient (Wildman–Crippen LogP) is 5.00. The number of anilines is 2. The Hall–Kier alpha value is -3.67. The van der Waals surface area contributed by atoms with E-state index >= 15 is 0 Å². The standard InChI is InChI=1S/C23H21FN4O/c1-29-21-9-5-2-6-17(21)15-25-22-19-7-3-4-8-20(19)27-23(28-22)26-14-16-10-12-18(24)13-11-16/h2-13H,14-15H2,1H3,(H2,25,26,27,28). The molecule has 0 saturated carbocycles. The van der Waals surface area contributed by atoms with Crippen LogP contribution in [0.2, 0.25) is 0 Å². The number of hydrogen-bond acceptors (Lipinski definition) is 5. The Kier molecular flexibility index (Phi) is 5.52. The van der Waals surface area contributed by atoms with Crippen molar-refractivity contribution in [2.75, 3.05) is 17.7 Å². The number of nitrogens with one attached hydrogen (secondary N) is 2. The first-order valence-electron chi connectivity index (χ1n) is 9.34. The van der Waals surface area contributed by atoms with Crippen LogP contribution >= 0.6 is 0 Å². The van der Waals surface area contributed by atoms with Crippen molar-refractivity contribution in [1.29, 1.82) is 0 Å². The largest absolute Gasteiger partial charge is 0.496 e. The van der Waals surface area contributed by atoms with Crippen molar-refractivity contribution in [1.82, 2.24) is 9.97 Å². The fourth-order valence-electron chi connectivity index (χ4n) is 3.10. The molecule has 1 heterocycles. The zero-order chi connectivity index (χ0) is 20.1. The minimum atomic E-state index is -0.251. The highest BCUT2D eigenvalue weighted by molar-refractivity contribution is 5.90. The number of ether oxygens (including phenoxy) is 1. The van der Waals surface area contributed by atoms with E-state index in [1.54, 1.807) is 19.2 Å². The first-order valence-corrected chi connectivity index (χ1v) is 9.34. The van der Waals surface area contributed by atoms with Gasteiger partial charge in [-0.3, -0.25) is 0 Å². The van der Waals surface area contributed by atoms with Crippen LogP contribution in [0.15, 0.2) is 72.8 Å². The van der Waals surface area contributed by atoms with E-state index in [4.69, 9.17) is 4.74 Å². The van der Waals surface area contributed by atoms with Gasteiger partial charge in [0.2, 0.25) is 5.95 Å². The molecule has 2 N–H and O–H groups in total. The molecule has 0 atom stereocenters. The van der Waals surface area contributed by atoms with Crippen molar-refractivity contribution in [3.05, 3.63) is 89.7 Å². The van der Waals surface area contributed by atoms with Crippen molar-refractivity contribution in [3.63, 3.8) is 0 Å². The summed E-state index contributed by atoms with van der Waals surface area (Å²) in [6.07, 6.45) is 0. The number of benzene rings is 3. The first kappa shape index (κ1) is 18.7. The van der Waals surface area contributed by atoms with Gasteiger partial charge >= 0.3 is 0 Å². The molecular weight excluding hydrogens is 367 g/mol. The smallest absolute Gasteiger partial charge is 0.225 e. The summed E-state index contributed by atoms with van der Waals surface area (Å²) >= 11 is 0. The fourth-order valence-corrected chi connectivity index (χ4v) is 3.10. The van der Waals surface area contributed by atoms with Crippen LogP contribution in [-0.4, -0.2) is 17.1 Å². The van der Waals surface area contributed by atoms with Gasteiger partial charge in [0.25, 0.3) is 0 Å². The molecule has 0 amide bonds. The van der Waals surface area contributed by atoms with Crippen LogP contribution in [0.25, 0.3) is 10.9 Å². The molecule has 5 nitrogen and oxygen atoms in total. The van der Waals surface area contributed by atoms with Crippen molar-refractivity contribution in [2.24, 2.45) is 0 Å². The summed E-state index contributed by atoms with van der Waals surface area (Å²) in [5.74, 6) is 1.82. The molecule has 29 heavy (non-hydrogen) atoms. The van der Waals surface area contributed by atoms with Crippen LogP contribution in [-0.2, 0) is 13.1 Å². The minimum absolute atomic E-state index is 0.251. The van der Waals surface area contributed by atoms with Crippen LogP contribution < -0.4 is 15.4 Å². The van der Waals surface area contributed by atoms with Crippen molar-refractivity contribution < 1.29 is 9.13 Å². The Morgan fingerprint density at radius 1 is 0.828 bits per heavy atom. The van der Waals surface area contributed by atoms with Crippen molar-refractivity contribution >= 4 is 22.7 Å². The van der Waals surface area contributed by atoms with Crippen LogP contribution in [0.1, 0.15) is 11.1 Å². The SMILES string of the molecule is COc1ccccc1CNc1nc(NCc2ccc(F)cc2)nc2ccccc12. The Bertz CT molecular complexity index is 1120. The van der Waals surface area contributed by atoms with Gasteiger partial charge in [0, 0.05) is 24.0 Å². The Morgan fingerprint density at radius 3 is 2.41 bits per heavy atom. The normalized spacial score (nSPS) is 10.7. The Labute approximate surface area is 168 Å². The molecule has 0 unspecified atom stereocenters. The zero-order valence-corrected chi connectivity index (χ0v) is 16.0. The lowest BCUT2D eigenvalue weighted by atomic mass is 10.2. The number of hydrogen-bond donors (Lipinski definition) is 2. The molecule has 0 radical (unpaired) electrons. The molecule has 6 heteroatoms. The van der Waals surface area contributed by atoms with Gasteiger partial charge in [-0.2, -0.15) is 4.98 Å². The predicted molar refractivity (Wildman–Crippen MR) is 114 cm³/mol. The van der Waals surface area contributed by atoms with Crippen LogP contribution in [0.4, 0.5) is 16.2 Å². The van der Waals surface area contributed by atoms with E-state index in [0.717, 1.165) is 33.6 Å². The van der Waals surface area contributed by atoms with Gasteiger partial charge in [0.1, 0.15) is 17.4 Å². The van der Waals surface area contributed by atoms with Gasteiger partial charge in [-0.1, -0.05) is 42.5 Å². The first-order chi connectivity index (χ1) is 14.2. The fraction of sp³-hybridized carbons (Fsp3) is 0.130. The molecule has 0 aliphatic heterocycles. The third kappa shape index (κ3) is 4.43. The van der Waals surface area contributed by atoms with Crippen LogP contribution in [0.3, 0.4) is 0 Å². The van der Waals surface area contributed by atoms with E-state index in [9.17, 15) is 4.39 Å². The van der Waals surface area contributed by atoms with E-state index < -0.39 is 0 Å². The van der Waals surface area contributed by atoms with E-state index in [-0.39, 0.29) is 5.82 Å². The molecule has 0 fully saturated rings. The van der Waals surface area contributed by atoms with Crippen molar-refractivity contribution in [2.45, 2.75) is 13.1 Å². The second-order valence-corrected chi connectivity index (χ2v) is 6.56. The lowest BCUT2D eigenvalue weighted by molar-refractivity contribution is 0.410. The number of rotatable bonds is 7. The molecular formula is C23H21FN4O. The maximum Gasteiger partial charge on any atom is 0.225 e. The van der Waals surface area contributed by atoms with Crippen molar-refractivity contribution in [3.8, 4) is 5.75 Å². The molecule has 0 saturated heterocycles. The molecule has 1 aromatic heterocycles. The summed E-state index contributed by atoms with van der Waals surface area (Å²) in [5, 5.41) is 7.57. The lowest BCUT2D eigenvalue weighted by Crippen LogP contribution is -2.08. The summed E-state index contributed by atoms with van der Waals surface area (Å²) in [5.41, 5.74) is 2.83. The maximum absolute atomic E-state index is 13.1. The summed E-state index contributed by atoms with van der Waals surface area (Å²) in [7, 11) is 1.66. The second kappa shape index (κ2) is 8.56. The van der Waals surface area contributed by atoms with Crippen LogP contribution in [0.5, 0.6) is 5.75 Å². The number of halogens is 1.